The molecule has 0 aliphatic carbocycles. The lowest BCUT2D eigenvalue weighted by atomic mass is 10.1. The monoisotopic (exact) mass is 293 g/mol. The fourth-order valence-corrected chi connectivity index (χ4v) is 3.08. The molecule has 0 aromatic heterocycles. The zero-order valence-corrected chi connectivity index (χ0v) is 12.7. The van der Waals surface area contributed by atoms with Crippen LogP contribution < -0.4 is 4.90 Å². The first-order valence-electron chi connectivity index (χ1n) is 6.00. The molecule has 1 amide bonds. The Bertz CT molecular complexity index is 567. The minimum absolute atomic E-state index is 0.115. The van der Waals surface area contributed by atoms with E-state index in [9.17, 15) is 4.79 Å². The van der Waals surface area contributed by atoms with E-state index in [1.54, 1.807) is 4.90 Å². The maximum Gasteiger partial charge on any atom is 0.273 e. The lowest BCUT2D eigenvalue weighted by molar-refractivity contribution is -0.113. The molecule has 1 saturated heterocycles. The Kier molecular flexibility index (Phi) is 4.27. The van der Waals surface area contributed by atoms with Crippen molar-refractivity contribution in [2.75, 3.05) is 11.5 Å². The van der Waals surface area contributed by atoms with Crippen molar-refractivity contribution in [1.82, 2.24) is 0 Å². The van der Waals surface area contributed by atoms with Gasteiger partial charge in [0.1, 0.15) is 11.2 Å². The van der Waals surface area contributed by atoms with Crippen molar-refractivity contribution in [3.63, 3.8) is 0 Å². The largest absolute Gasteiger partial charge is 0.500 e. The summed E-state index contributed by atoms with van der Waals surface area (Å²) in [5, 5.41) is 0. The number of rotatable bonds is 3. The summed E-state index contributed by atoms with van der Waals surface area (Å²) in [5.74, 6) is -0.115. The summed E-state index contributed by atoms with van der Waals surface area (Å²) in [6, 6.07) is 5.95. The molecule has 1 heterocycles. The number of ether oxygens (including phenoxy) is 1. The molecule has 1 aliphatic rings. The molecule has 0 radical (unpaired) electrons. The second kappa shape index (κ2) is 5.75. The van der Waals surface area contributed by atoms with Crippen LogP contribution in [0.1, 0.15) is 18.1 Å². The number of carbonyl (C=O) groups is 1. The number of hydrogen-bond acceptors (Lipinski definition) is 4. The van der Waals surface area contributed by atoms with Crippen molar-refractivity contribution >= 4 is 39.9 Å². The second-order valence-electron chi connectivity index (χ2n) is 4.24. The zero-order valence-electron chi connectivity index (χ0n) is 11.1. The Morgan fingerprint density at radius 3 is 2.79 bits per heavy atom. The summed E-state index contributed by atoms with van der Waals surface area (Å²) in [4.78, 5) is 14.4. The first-order valence-corrected chi connectivity index (χ1v) is 7.22. The molecule has 0 atom stereocenters. The molecule has 0 bridgehead atoms. The molecule has 1 aliphatic heterocycles. The van der Waals surface area contributed by atoms with Crippen LogP contribution in [0, 0.1) is 13.8 Å². The van der Waals surface area contributed by atoms with E-state index in [4.69, 9.17) is 17.0 Å². The van der Waals surface area contributed by atoms with Gasteiger partial charge < -0.3 is 4.74 Å². The van der Waals surface area contributed by atoms with Crippen LogP contribution in [0.5, 0.6) is 0 Å². The minimum atomic E-state index is -0.115. The highest BCUT2D eigenvalue weighted by Crippen LogP contribution is 2.36. The molecule has 100 valence electrons. The molecular weight excluding hydrogens is 278 g/mol. The summed E-state index contributed by atoms with van der Waals surface area (Å²) in [6.07, 6.45) is 1.49. The average Bonchev–Trinajstić information content (AvgIpc) is 2.63. The van der Waals surface area contributed by atoms with Gasteiger partial charge in [0.15, 0.2) is 4.32 Å². The number of benzene rings is 1. The van der Waals surface area contributed by atoms with Gasteiger partial charge in [-0.05, 0) is 32.4 Å². The van der Waals surface area contributed by atoms with Crippen LogP contribution in [-0.4, -0.2) is 16.8 Å². The average molecular weight is 293 g/mol. The first kappa shape index (κ1) is 14.1. The number of carbonyl (C=O) groups excluding carboxylic acids is 1. The third kappa shape index (κ3) is 2.82. The van der Waals surface area contributed by atoms with Crippen molar-refractivity contribution in [2.24, 2.45) is 0 Å². The molecule has 0 unspecified atom stereocenters. The predicted octanol–water partition coefficient (Wildman–Crippen LogP) is 3.55. The van der Waals surface area contributed by atoms with Gasteiger partial charge in [0.05, 0.1) is 12.3 Å². The molecule has 1 aromatic rings. The summed E-state index contributed by atoms with van der Waals surface area (Å²) in [7, 11) is 0. The van der Waals surface area contributed by atoms with E-state index in [2.05, 4.69) is 0 Å². The molecule has 1 fully saturated rings. The number of nitrogens with zero attached hydrogens (tertiary/aromatic N) is 1. The minimum Gasteiger partial charge on any atom is -0.500 e. The fourth-order valence-electron chi connectivity index (χ4n) is 1.87. The highest BCUT2D eigenvalue weighted by molar-refractivity contribution is 8.27. The standard InChI is InChI=1S/C14H15NO2S2/c1-4-17-8-12-13(16)15(14(18)19-12)11-6-5-9(2)7-10(11)3/h5-8H,4H2,1-3H3/b12-8-. The van der Waals surface area contributed by atoms with E-state index in [1.165, 1.54) is 18.0 Å². The summed E-state index contributed by atoms with van der Waals surface area (Å²) < 4.78 is 5.72. The number of aryl methyl sites for hydroxylation is 2. The Labute approximate surface area is 122 Å². The van der Waals surface area contributed by atoms with Crippen molar-refractivity contribution in [1.29, 1.82) is 0 Å². The Hall–Kier alpha value is -1.33. The van der Waals surface area contributed by atoms with Crippen molar-refractivity contribution in [2.45, 2.75) is 20.8 Å². The molecule has 0 saturated carbocycles. The van der Waals surface area contributed by atoms with Crippen LogP contribution in [0.2, 0.25) is 0 Å². The highest BCUT2D eigenvalue weighted by Gasteiger charge is 2.34. The predicted molar refractivity (Wildman–Crippen MR) is 83.3 cm³/mol. The summed E-state index contributed by atoms with van der Waals surface area (Å²) in [6.45, 7) is 6.41. The van der Waals surface area contributed by atoms with Gasteiger partial charge in [0, 0.05) is 0 Å². The van der Waals surface area contributed by atoms with Gasteiger partial charge in [-0.25, -0.2) is 0 Å². The van der Waals surface area contributed by atoms with Gasteiger partial charge in [0.2, 0.25) is 0 Å². The molecule has 19 heavy (non-hydrogen) atoms. The van der Waals surface area contributed by atoms with Crippen molar-refractivity contribution in [3.8, 4) is 0 Å². The Morgan fingerprint density at radius 1 is 1.42 bits per heavy atom. The number of thioether (sulfide) groups is 1. The molecule has 1 aromatic carbocycles. The molecule has 3 nitrogen and oxygen atoms in total. The van der Waals surface area contributed by atoms with Gasteiger partial charge in [-0.15, -0.1) is 0 Å². The van der Waals surface area contributed by atoms with Gasteiger partial charge in [-0.1, -0.05) is 41.7 Å². The number of anilines is 1. The maximum absolute atomic E-state index is 12.3. The van der Waals surface area contributed by atoms with E-state index in [-0.39, 0.29) is 5.91 Å². The molecular formula is C14H15NO2S2. The van der Waals surface area contributed by atoms with Gasteiger partial charge in [-0.2, -0.15) is 0 Å². The molecule has 0 spiro atoms. The Balaban J connectivity index is 2.35. The quantitative estimate of drug-likeness (QED) is 0.484. The molecule has 2 rings (SSSR count). The molecule has 0 N–H and O–H groups in total. The lowest BCUT2D eigenvalue weighted by Crippen LogP contribution is -2.28. The lowest BCUT2D eigenvalue weighted by Gasteiger charge is -2.17. The van der Waals surface area contributed by atoms with Gasteiger partial charge >= 0.3 is 0 Å². The fraction of sp³-hybridized carbons (Fsp3) is 0.286. The topological polar surface area (TPSA) is 29.5 Å². The van der Waals surface area contributed by atoms with Crippen LogP contribution >= 0.6 is 24.0 Å². The number of thiocarbonyl (C=S) groups is 1. The summed E-state index contributed by atoms with van der Waals surface area (Å²) in [5.41, 5.74) is 3.04. The number of amides is 1. The third-order valence-corrected chi connectivity index (χ3v) is 4.02. The van der Waals surface area contributed by atoms with Crippen LogP contribution in [0.25, 0.3) is 0 Å². The SMILES string of the molecule is CCO/C=C1\SC(=S)N(c2ccc(C)cc2C)C1=O. The third-order valence-electron chi connectivity index (χ3n) is 2.74. The van der Waals surface area contributed by atoms with E-state index in [0.717, 1.165) is 16.8 Å². The zero-order chi connectivity index (χ0) is 14.0. The molecule has 5 heteroatoms. The van der Waals surface area contributed by atoms with Crippen molar-refractivity contribution < 1.29 is 9.53 Å². The van der Waals surface area contributed by atoms with Gasteiger partial charge in [-0.3, -0.25) is 9.69 Å². The van der Waals surface area contributed by atoms with Crippen LogP contribution in [0.15, 0.2) is 29.4 Å². The van der Waals surface area contributed by atoms with E-state index in [1.807, 2.05) is 39.0 Å². The number of hydrogen-bond donors (Lipinski definition) is 0. The van der Waals surface area contributed by atoms with E-state index >= 15 is 0 Å². The van der Waals surface area contributed by atoms with Crippen molar-refractivity contribution in [3.05, 3.63) is 40.5 Å². The van der Waals surface area contributed by atoms with Crippen LogP contribution in [-0.2, 0) is 9.53 Å². The normalized spacial score (nSPS) is 17.4. The summed E-state index contributed by atoms with van der Waals surface area (Å²) >= 11 is 6.56. The highest BCUT2D eigenvalue weighted by atomic mass is 32.2. The van der Waals surface area contributed by atoms with Crippen LogP contribution in [0.4, 0.5) is 5.69 Å². The maximum atomic E-state index is 12.3. The Morgan fingerprint density at radius 2 is 2.16 bits per heavy atom. The van der Waals surface area contributed by atoms with Gasteiger partial charge in [0.25, 0.3) is 5.91 Å². The van der Waals surface area contributed by atoms with Crippen LogP contribution in [0.3, 0.4) is 0 Å². The van der Waals surface area contributed by atoms with E-state index < -0.39 is 0 Å². The smallest absolute Gasteiger partial charge is 0.273 e. The first-order chi connectivity index (χ1) is 9.04. The van der Waals surface area contributed by atoms with E-state index in [0.29, 0.717) is 15.8 Å². The second-order valence-corrected chi connectivity index (χ2v) is 5.91.